The molecule has 1 aliphatic rings. The van der Waals surface area contributed by atoms with Gasteiger partial charge in [-0.1, -0.05) is 33.7 Å². The molecule has 2 rings (SSSR count). The molecule has 0 radical (unpaired) electrons. The Morgan fingerprint density at radius 1 is 1.20 bits per heavy atom. The topological polar surface area (TPSA) is 59.2 Å². The lowest BCUT2D eigenvalue weighted by atomic mass is 10.3. The Hall–Kier alpha value is -1.11. The monoisotopic (exact) mass is 309 g/mol. The summed E-state index contributed by atoms with van der Waals surface area (Å²) in [5.41, 5.74) is 11.9. The highest BCUT2D eigenvalue weighted by atomic mass is 33.1. The van der Waals surface area contributed by atoms with Gasteiger partial charge in [0, 0.05) is 30.3 Å². The fraction of sp³-hybridized carbons (Fsp3) is 0.357. The molecule has 0 bridgehead atoms. The maximum Gasteiger partial charge on any atom is 0.272 e. The van der Waals surface area contributed by atoms with E-state index in [-0.39, 0.29) is 6.17 Å². The van der Waals surface area contributed by atoms with Gasteiger partial charge in [-0.25, -0.2) is 4.57 Å². The van der Waals surface area contributed by atoms with Crippen molar-refractivity contribution in [3.05, 3.63) is 48.8 Å². The normalized spacial score (nSPS) is 17.6. The van der Waals surface area contributed by atoms with E-state index < -0.39 is 0 Å². The van der Waals surface area contributed by atoms with Gasteiger partial charge >= 0.3 is 0 Å². The predicted octanol–water partition coefficient (Wildman–Crippen LogP) is 1.61. The van der Waals surface area contributed by atoms with Crippen LogP contribution in [0.1, 0.15) is 0 Å². The smallest absolute Gasteiger partial charge is 0.272 e. The van der Waals surface area contributed by atoms with Crippen molar-refractivity contribution in [1.29, 1.82) is 0 Å². The van der Waals surface area contributed by atoms with Gasteiger partial charge in [0.25, 0.3) is 5.82 Å². The van der Waals surface area contributed by atoms with Crippen LogP contribution in [-0.4, -0.2) is 29.1 Å². The van der Waals surface area contributed by atoms with E-state index in [1.54, 1.807) is 0 Å². The summed E-state index contributed by atoms with van der Waals surface area (Å²) in [5.74, 6) is 2.92. The van der Waals surface area contributed by atoms with E-state index in [1.165, 1.54) is 0 Å². The van der Waals surface area contributed by atoms with Crippen LogP contribution in [0.15, 0.2) is 48.8 Å². The zero-order valence-electron chi connectivity index (χ0n) is 11.4. The summed E-state index contributed by atoms with van der Waals surface area (Å²) in [4.78, 5) is 2.15. The third-order valence-electron chi connectivity index (χ3n) is 2.99. The molecule has 108 valence electrons. The zero-order valence-corrected chi connectivity index (χ0v) is 13.0. The van der Waals surface area contributed by atoms with Crippen molar-refractivity contribution in [2.75, 3.05) is 23.8 Å². The van der Waals surface area contributed by atoms with Crippen LogP contribution in [-0.2, 0) is 6.54 Å². The summed E-state index contributed by atoms with van der Waals surface area (Å²) < 4.78 is 2.07. The maximum absolute atomic E-state index is 5.97. The number of hydrogen-bond donors (Lipinski definition) is 2. The summed E-state index contributed by atoms with van der Waals surface area (Å²) in [7, 11) is 3.76. The standard InChI is InChI=1S/C14H20N4S2/c15-13-5-1-3-7-17(13)9-11-19-20-12-10-18-8-4-2-6-14(18)16/h1-8,13,16H,9-12,15H2/p+1. The molecule has 0 aromatic carbocycles. The second kappa shape index (κ2) is 8.24. The van der Waals surface area contributed by atoms with Crippen LogP contribution in [0.2, 0.25) is 0 Å². The second-order valence-electron chi connectivity index (χ2n) is 4.42. The molecular formula is C14H21N4S2+. The minimum atomic E-state index is 0.0188. The van der Waals surface area contributed by atoms with Crippen LogP contribution in [0.25, 0.3) is 0 Å². The Morgan fingerprint density at radius 2 is 2.05 bits per heavy atom. The van der Waals surface area contributed by atoms with Gasteiger partial charge in [0.2, 0.25) is 0 Å². The molecule has 0 spiro atoms. The molecule has 6 heteroatoms. The fourth-order valence-electron chi connectivity index (χ4n) is 1.86. The average Bonchev–Trinajstić information content (AvgIpc) is 2.46. The highest BCUT2D eigenvalue weighted by molar-refractivity contribution is 8.76. The number of nitrogen functional groups attached to an aromatic ring is 1. The molecule has 1 aromatic heterocycles. The number of allylic oxidation sites excluding steroid dienone is 2. The van der Waals surface area contributed by atoms with Crippen LogP contribution in [0.5, 0.6) is 0 Å². The van der Waals surface area contributed by atoms with E-state index in [2.05, 4.69) is 15.7 Å². The number of aromatic nitrogens is 1. The molecule has 2 heterocycles. The van der Waals surface area contributed by atoms with E-state index in [1.807, 2.05) is 64.2 Å². The molecule has 0 amide bonds. The highest BCUT2D eigenvalue weighted by Gasteiger charge is 2.08. The van der Waals surface area contributed by atoms with Gasteiger partial charge in [-0.3, -0.25) is 5.73 Å². The summed E-state index contributed by atoms with van der Waals surface area (Å²) in [6, 6.07) is 5.89. The van der Waals surface area contributed by atoms with E-state index in [0.717, 1.165) is 30.4 Å². The Bertz CT molecular complexity index is 476. The molecule has 1 unspecified atom stereocenters. The van der Waals surface area contributed by atoms with Crippen molar-refractivity contribution in [2.24, 2.45) is 5.73 Å². The van der Waals surface area contributed by atoms with E-state index in [0.29, 0.717) is 0 Å². The molecule has 1 aliphatic heterocycles. The molecule has 4 nitrogen and oxygen atoms in total. The second-order valence-corrected chi connectivity index (χ2v) is 7.12. The van der Waals surface area contributed by atoms with E-state index in [9.17, 15) is 0 Å². The van der Waals surface area contributed by atoms with E-state index >= 15 is 0 Å². The van der Waals surface area contributed by atoms with Crippen molar-refractivity contribution in [3.8, 4) is 0 Å². The lowest BCUT2D eigenvalue weighted by molar-refractivity contribution is -0.678. The highest BCUT2D eigenvalue weighted by Crippen LogP contribution is 2.21. The molecule has 4 N–H and O–H groups in total. The quantitative estimate of drug-likeness (QED) is 0.455. The number of pyridine rings is 1. The molecule has 20 heavy (non-hydrogen) atoms. The third-order valence-corrected chi connectivity index (χ3v) is 5.35. The number of nitrogens with two attached hydrogens (primary N) is 2. The van der Waals surface area contributed by atoms with Crippen LogP contribution < -0.4 is 16.0 Å². The van der Waals surface area contributed by atoms with Gasteiger partial charge in [-0.15, -0.1) is 0 Å². The van der Waals surface area contributed by atoms with Gasteiger partial charge in [0.15, 0.2) is 0 Å². The Balaban J connectivity index is 1.57. The Labute approximate surface area is 128 Å². The average molecular weight is 309 g/mol. The van der Waals surface area contributed by atoms with Crippen LogP contribution in [0.4, 0.5) is 5.82 Å². The van der Waals surface area contributed by atoms with Crippen molar-refractivity contribution in [3.63, 3.8) is 0 Å². The molecule has 1 aromatic rings. The Kier molecular flexibility index (Phi) is 6.29. The van der Waals surface area contributed by atoms with Crippen molar-refractivity contribution < 1.29 is 4.57 Å². The molecule has 0 saturated carbocycles. The fourth-order valence-corrected chi connectivity index (χ4v) is 3.81. The maximum atomic E-state index is 5.97. The lowest BCUT2D eigenvalue weighted by Gasteiger charge is -2.26. The van der Waals surface area contributed by atoms with E-state index in [4.69, 9.17) is 11.5 Å². The van der Waals surface area contributed by atoms with Gasteiger partial charge in [0.1, 0.15) is 6.54 Å². The minimum Gasteiger partial charge on any atom is -0.358 e. The first kappa shape index (κ1) is 15.3. The first-order valence-corrected chi connectivity index (χ1v) is 9.11. The molecule has 0 saturated heterocycles. The number of anilines is 1. The van der Waals surface area contributed by atoms with Gasteiger partial charge < -0.3 is 10.6 Å². The molecular weight excluding hydrogens is 288 g/mol. The van der Waals surface area contributed by atoms with Crippen LogP contribution >= 0.6 is 21.6 Å². The van der Waals surface area contributed by atoms with Crippen LogP contribution in [0, 0.1) is 0 Å². The molecule has 0 fully saturated rings. The van der Waals surface area contributed by atoms with Crippen molar-refractivity contribution in [2.45, 2.75) is 12.7 Å². The number of nitrogens with zero attached hydrogens (tertiary/aromatic N) is 2. The zero-order chi connectivity index (χ0) is 14.2. The number of hydrogen-bond acceptors (Lipinski definition) is 5. The molecule has 0 aliphatic carbocycles. The van der Waals surface area contributed by atoms with Crippen LogP contribution in [0.3, 0.4) is 0 Å². The summed E-state index contributed by atoms with van der Waals surface area (Å²) in [6.07, 6.45) is 10.1. The first-order chi connectivity index (χ1) is 9.77. The predicted molar refractivity (Wildman–Crippen MR) is 88.9 cm³/mol. The molecule has 1 atom stereocenters. The lowest BCUT2D eigenvalue weighted by Crippen LogP contribution is -2.39. The third kappa shape index (κ3) is 4.77. The van der Waals surface area contributed by atoms with Crippen molar-refractivity contribution >= 4 is 27.4 Å². The number of aryl methyl sites for hydroxylation is 1. The largest absolute Gasteiger partial charge is 0.358 e. The summed E-state index contributed by atoms with van der Waals surface area (Å²) in [6.45, 7) is 1.91. The SMILES string of the molecule is Nc1cccc[n+]1CCSSCCN1C=CC=CC1N. The van der Waals surface area contributed by atoms with Gasteiger partial charge in [0.05, 0.1) is 12.4 Å². The van der Waals surface area contributed by atoms with Crippen molar-refractivity contribution in [1.82, 2.24) is 4.90 Å². The summed E-state index contributed by atoms with van der Waals surface area (Å²) in [5, 5.41) is 0. The van der Waals surface area contributed by atoms with Gasteiger partial charge in [-0.05, 0) is 18.2 Å². The summed E-state index contributed by atoms with van der Waals surface area (Å²) >= 11 is 0. The minimum absolute atomic E-state index is 0.0188. The Morgan fingerprint density at radius 3 is 2.85 bits per heavy atom. The van der Waals surface area contributed by atoms with Gasteiger partial charge in [-0.2, -0.15) is 0 Å². The number of rotatable bonds is 7. The first-order valence-electron chi connectivity index (χ1n) is 6.62.